The predicted octanol–water partition coefficient (Wildman–Crippen LogP) is 19.5. The lowest BCUT2D eigenvalue weighted by atomic mass is 10.0. The van der Waals surface area contributed by atoms with Gasteiger partial charge in [-0.15, -0.1) is 0 Å². The van der Waals surface area contributed by atoms with Gasteiger partial charge >= 0.3 is 17.9 Å². The second-order valence-electron chi connectivity index (χ2n) is 19.9. The van der Waals surface area contributed by atoms with Crippen molar-refractivity contribution < 1.29 is 28.6 Å². The van der Waals surface area contributed by atoms with E-state index in [0.717, 1.165) is 70.6 Å². The minimum Gasteiger partial charge on any atom is -0.462 e. The lowest BCUT2D eigenvalue weighted by molar-refractivity contribution is -0.167. The lowest BCUT2D eigenvalue weighted by Gasteiger charge is -2.18. The van der Waals surface area contributed by atoms with Crippen molar-refractivity contribution in [3.05, 3.63) is 24.3 Å². The summed E-state index contributed by atoms with van der Waals surface area (Å²) in [7, 11) is 0. The van der Waals surface area contributed by atoms with E-state index in [-0.39, 0.29) is 31.1 Å². The predicted molar refractivity (Wildman–Crippen MR) is 284 cm³/mol. The average molecular weight is 930 g/mol. The van der Waals surface area contributed by atoms with Crippen LogP contribution >= 0.6 is 0 Å². The Morgan fingerprint density at radius 2 is 0.530 bits per heavy atom. The molecule has 0 aliphatic carbocycles. The van der Waals surface area contributed by atoms with Crippen molar-refractivity contribution in [1.82, 2.24) is 0 Å². The first kappa shape index (κ1) is 63.9. The summed E-state index contributed by atoms with van der Waals surface area (Å²) in [5.74, 6) is -0.868. The van der Waals surface area contributed by atoms with E-state index in [1.165, 1.54) is 212 Å². The Morgan fingerprint density at radius 3 is 0.818 bits per heavy atom. The molecule has 0 saturated heterocycles. The van der Waals surface area contributed by atoms with Gasteiger partial charge in [0.15, 0.2) is 6.10 Å². The van der Waals surface area contributed by atoms with E-state index < -0.39 is 6.10 Å². The zero-order chi connectivity index (χ0) is 47.9. The Hall–Kier alpha value is -2.11. The van der Waals surface area contributed by atoms with Gasteiger partial charge in [0.25, 0.3) is 0 Å². The fourth-order valence-electron chi connectivity index (χ4n) is 8.74. The number of carbonyl (C=O) groups excluding carboxylic acids is 3. The number of carbonyl (C=O) groups is 3. The van der Waals surface area contributed by atoms with Crippen LogP contribution in [-0.2, 0) is 28.6 Å². The highest BCUT2D eigenvalue weighted by molar-refractivity contribution is 5.71. The van der Waals surface area contributed by atoms with E-state index in [2.05, 4.69) is 45.1 Å². The Morgan fingerprint density at radius 1 is 0.288 bits per heavy atom. The normalized spacial score (nSPS) is 12.1. The smallest absolute Gasteiger partial charge is 0.306 e. The maximum absolute atomic E-state index is 12.8. The molecule has 0 radical (unpaired) electrons. The van der Waals surface area contributed by atoms with Crippen molar-refractivity contribution in [3.63, 3.8) is 0 Å². The van der Waals surface area contributed by atoms with Crippen molar-refractivity contribution in [2.75, 3.05) is 13.2 Å². The van der Waals surface area contributed by atoms with E-state index in [1.54, 1.807) is 0 Å². The SMILES string of the molecule is CCC/C=C\CCCCCCCC(=O)OCC(COC(=O)CCCCCCCCCCCCCCCCCCCCCCC)OC(=O)CCCCCCCCC/C=C\CCCCCCCC. The summed E-state index contributed by atoms with van der Waals surface area (Å²) in [6, 6.07) is 0. The molecule has 0 aromatic heterocycles. The quantitative estimate of drug-likeness (QED) is 0.0262. The van der Waals surface area contributed by atoms with Gasteiger partial charge in [-0.3, -0.25) is 14.4 Å². The maximum atomic E-state index is 12.8. The van der Waals surface area contributed by atoms with E-state index in [4.69, 9.17) is 14.2 Å². The van der Waals surface area contributed by atoms with Gasteiger partial charge in [-0.25, -0.2) is 0 Å². The molecule has 0 aromatic rings. The Labute approximate surface area is 411 Å². The summed E-state index contributed by atoms with van der Waals surface area (Å²) in [6.07, 6.45) is 64.7. The van der Waals surface area contributed by atoms with Crippen molar-refractivity contribution in [2.45, 2.75) is 329 Å². The molecule has 66 heavy (non-hydrogen) atoms. The van der Waals surface area contributed by atoms with Gasteiger partial charge in [0.2, 0.25) is 0 Å². The number of hydrogen-bond donors (Lipinski definition) is 0. The number of unbranched alkanes of at least 4 members (excludes halogenated alkanes) is 39. The third-order valence-electron chi connectivity index (χ3n) is 13.2. The molecular formula is C60H112O6. The van der Waals surface area contributed by atoms with Crippen LogP contribution < -0.4 is 0 Å². The molecule has 0 aromatic carbocycles. The van der Waals surface area contributed by atoms with Crippen LogP contribution in [0, 0.1) is 0 Å². The molecule has 0 aliphatic heterocycles. The summed E-state index contributed by atoms with van der Waals surface area (Å²) >= 11 is 0. The van der Waals surface area contributed by atoms with E-state index in [1.807, 2.05) is 0 Å². The summed E-state index contributed by atoms with van der Waals surface area (Å²) in [6.45, 7) is 6.61. The molecular weight excluding hydrogens is 817 g/mol. The summed E-state index contributed by atoms with van der Waals surface area (Å²) in [4.78, 5) is 38.1. The first-order valence-electron chi connectivity index (χ1n) is 29.3. The molecule has 0 amide bonds. The molecule has 0 aliphatic rings. The van der Waals surface area contributed by atoms with Crippen LogP contribution in [0.25, 0.3) is 0 Å². The lowest BCUT2D eigenvalue weighted by Crippen LogP contribution is -2.30. The number of ether oxygens (including phenoxy) is 3. The fraction of sp³-hybridized carbons (Fsp3) is 0.883. The molecule has 0 heterocycles. The standard InChI is InChI=1S/C60H112O6/c1-4-7-10-13-16-19-22-24-26-28-29-30-31-33-34-36-38-41-44-47-50-53-59(62)65-56-57(55-64-58(61)52-49-46-43-40-21-18-15-12-9-6-3)66-60(63)54-51-48-45-42-39-37-35-32-27-25-23-20-17-14-11-8-5-2/h12,15,25,27,57H,4-11,13-14,16-24,26,28-56H2,1-3H3/b15-12-,27-25-. The van der Waals surface area contributed by atoms with Gasteiger partial charge < -0.3 is 14.2 Å². The van der Waals surface area contributed by atoms with Crippen LogP contribution in [0.3, 0.4) is 0 Å². The summed E-state index contributed by atoms with van der Waals surface area (Å²) in [5, 5.41) is 0. The Balaban J connectivity index is 4.23. The number of rotatable bonds is 54. The van der Waals surface area contributed by atoms with Gasteiger partial charge in [0.1, 0.15) is 13.2 Å². The number of allylic oxidation sites excluding steroid dienone is 4. The third kappa shape index (κ3) is 52.9. The van der Waals surface area contributed by atoms with Gasteiger partial charge in [-0.2, -0.15) is 0 Å². The van der Waals surface area contributed by atoms with Crippen LogP contribution in [0.4, 0.5) is 0 Å². The topological polar surface area (TPSA) is 78.9 Å². The van der Waals surface area contributed by atoms with Crippen LogP contribution in [0.2, 0.25) is 0 Å². The molecule has 1 atom stereocenters. The minimum atomic E-state index is -0.772. The van der Waals surface area contributed by atoms with E-state index in [0.29, 0.717) is 19.3 Å². The molecule has 0 fully saturated rings. The summed E-state index contributed by atoms with van der Waals surface area (Å²) < 4.78 is 16.8. The molecule has 1 unspecified atom stereocenters. The van der Waals surface area contributed by atoms with Crippen molar-refractivity contribution in [1.29, 1.82) is 0 Å². The van der Waals surface area contributed by atoms with E-state index in [9.17, 15) is 14.4 Å². The van der Waals surface area contributed by atoms with E-state index >= 15 is 0 Å². The first-order valence-corrected chi connectivity index (χ1v) is 29.3. The maximum Gasteiger partial charge on any atom is 0.306 e. The average Bonchev–Trinajstić information content (AvgIpc) is 3.31. The molecule has 0 bridgehead atoms. The van der Waals surface area contributed by atoms with Gasteiger partial charge in [0.05, 0.1) is 0 Å². The summed E-state index contributed by atoms with van der Waals surface area (Å²) in [5.41, 5.74) is 0. The van der Waals surface area contributed by atoms with Crippen LogP contribution in [0.15, 0.2) is 24.3 Å². The Bertz CT molecular complexity index is 1070. The number of hydrogen-bond acceptors (Lipinski definition) is 6. The molecule has 0 rings (SSSR count). The highest BCUT2D eigenvalue weighted by Crippen LogP contribution is 2.17. The molecule has 0 N–H and O–H groups in total. The second-order valence-corrected chi connectivity index (χ2v) is 19.9. The number of esters is 3. The second kappa shape index (κ2) is 55.5. The molecule has 6 heteroatoms. The molecule has 388 valence electrons. The van der Waals surface area contributed by atoms with Crippen LogP contribution in [-0.4, -0.2) is 37.2 Å². The molecule has 0 saturated carbocycles. The minimum absolute atomic E-state index is 0.0714. The Kier molecular flexibility index (Phi) is 53.7. The highest BCUT2D eigenvalue weighted by Gasteiger charge is 2.19. The molecule has 6 nitrogen and oxygen atoms in total. The van der Waals surface area contributed by atoms with Gasteiger partial charge in [0, 0.05) is 19.3 Å². The third-order valence-corrected chi connectivity index (χ3v) is 13.2. The van der Waals surface area contributed by atoms with Crippen molar-refractivity contribution in [2.24, 2.45) is 0 Å². The molecule has 0 spiro atoms. The van der Waals surface area contributed by atoms with Crippen LogP contribution in [0.5, 0.6) is 0 Å². The van der Waals surface area contributed by atoms with Gasteiger partial charge in [-0.1, -0.05) is 263 Å². The zero-order valence-electron chi connectivity index (χ0n) is 44.5. The van der Waals surface area contributed by atoms with Crippen molar-refractivity contribution in [3.8, 4) is 0 Å². The highest BCUT2D eigenvalue weighted by atomic mass is 16.6. The van der Waals surface area contributed by atoms with Crippen molar-refractivity contribution >= 4 is 17.9 Å². The van der Waals surface area contributed by atoms with Gasteiger partial charge in [-0.05, 0) is 64.2 Å². The monoisotopic (exact) mass is 929 g/mol. The fourth-order valence-corrected chi connectivity index (χ4v) is 8.74. The largest absolute Gasteiger partial charge is 0.462 e. The van der Waals surface area contributed by atoms with Crippen LogP contribution in [0.1, 0.15) is 323 Å². The zero-order valence-corrected chi connectivity index (χ0v) is 44.5. The first-order chi connectivity index (χ1) is 32.5.